The number of esters is 1. The topological polar surface area (TPSA) is 92.4 Å². The summed E-state index contributed by atoms with van der Waals surface area (Å²) in [5, 5.41) is 0.0375. The van der Waals surface area contributed by atoms with Crippen LogP contribution in [0.2, 0.25) is 0 Å². The molecule has 1 fully saturated rings. The quantitative estimate of drug-likeness (QED) is 0.821. The smallest absolute Gasteiger partial charge is 0.324 e. The van der Waals surface area contributed by atoms with Crippen LogP contribution in [0.3, 0.4) is 0 Å². The highest BCUT2D eigenvalue weighted by Crippen LogP contribution is 2.25. The highest BCUT2D eigenvalue weighted by Gasteiger charge is 2.39. The van der Waals surface area contributed by atoms with Crippen molar-refractivity contribution in [1.29, 1.82) is 0 Å². The molecular formula is C13H21N3O4S. The molecule has 1 atom stereocenters. The van der Waals surface area contributed by atoms with Crippen LogP contribution < -0.4 is 0 Å². The molecule has 8 heteroatoms. The number of H-pyrrole nitrogens is 1. The Labute approximate surface area is 124 Å². The average molecular weight is 315 g/mol. The van der Waals surface area contributed by atoms with E-state index in [0.29, 0.717) is 25.2 Å². The molecule has 0 aromatic carbocycles. The lowest BCUT2D eigenvalue weighted by Crippen LogP contribution is -2.48. The van der Waals surface area contributed by atoms with Gasteiger partial charge in [0.15, 0.2) is 5.03 Å². The molecule has 0 aliphatic carbocycles. The van der Waals surface area contributed by atoms with Gasteiger partial charge in [0.25, 0.3) is 10.0 Å². The van der Waals surface area contributed by atoms with Gasteiger partial charge in [-0.2, -0.15) is 4.31 Å². The van der Waals surface area contributed by atoms with Crippen LogP contribution in [0.1, 0.15) is 38.9 Å². The zero-order chi connectivity index (χ0) is 15.5. The number of carbonyl (C=O) groups is 1. The van der Waals surface area contributed by atoms with Crippen molar-refractivity contribution in [2.75, 3.05) is 13.2 Å². The van der Waals surface area contributed by atoms with Gasteiger partial charge in [0.2, 0.25) is 0 Å². The normalized spacial score (nSPS) is 20.4. The number of nitrogens with zero attached hydrogens (tertiary/aromatic N) is 2. The Hall–Kier alpha value is -1.41. The first kappa shape index (κ1) is 16.0. The molecule has 1 aliphatic rings. The van der Waals surface area contributed by atoms with E-state index in [1.165, 1.54) is 10.5 Å². The number of aryl methyl sites for hydroxylation is 1. The van der Waals surface area contributed by atoms with E-state index in [1.807, 2.05) is 6.92 Å². The molecule has 1 aromatic heterocycles. The molecule has 2 rings (SSSR count). The van der Waals surface area contributed by atoms with Gasteiger partial charge in [-0.15, -0.1) is 0 Å². The van der Waals surface area contributed by atoms with E-state index in [2.05, 4.69) is 9.97 Å². The summed E-state index contributed by atoms with van der Waals surface area (Å²) in [7, 11) is -3.75. The summed E-state index contributed by atoms with van der Waals surface area (Å²) in [5.41, 5.74) is 0. The minimum Gasteiger partial charge on any atom is -0.465 e. The number of piperidine rings is 1. The van der Waals surface area contributed by atoms with E-state index in [0.717, 1.165) is 12.8 Å². The van der Waals surface area contributed by atoms with E-state index in [9.17, 15) is 13.2 Å². The van der Waals surface area contributed by atoms with Crippen LogP contribution in [-0.2, 0) is 26.0 Å². The van der Waals surface area contributed by atoms with Gasteiger partial charge < -0.3 is 9.72 Å². The zero-order valence-electron chi connectivity index (χ0n) is 12.3. The third-order valence-corrected chi connectivity index (χ3v) is 5.36. The number of hydrogen-bond donors (Lipinski definition) is 1. The van der Waals surface area contributed by atoms with Gasteiger partial charge in [0.1, 0.15) is 11.9 Å². The molecule has 0 bridgehead atoms. The Kier molecular flexibility index (Phi) is 5.00. The van der Waals surface area contributed by atoms with Crippen molar-refractivity contribution in [2.24, 2.45) is 0 Å². The van der Waals surface area contributed by atoms with Crippen molar-refractivity contribution in [1.82, 2.24) is 14.3 Å². The Morgan fingerprint density at radius 1 is 1.48 bits per heavy atom. The van der Waals surface area contributed by atoms with Gasteiger partial charge in [-0.3, -0.25) is 4.79 Å². The second-order valence-corrected chi connectivity index (χ2v) is 6.79. The largest absolute Gasteiger partial charge is 0.465 e. The number of carbonyl (C=O) groups excluding carboxylic acids is 1. The predicted molar refractivity (Wildman–Crippen MR) is 76.1 cm³/mol. The molecule has 1 unspecified atom stereocenters. The maximum Gasteiger partial charge on any atom is 0.324 e. The Morgan fingerprint density at radius 2 is 2.24 bits per heavy atom. The summed E-state index contributed by atoms with van der Waals surface area (Å²) in [6, 6.07) is -0.739. The van der Waals surface area contributed by atoms with Gasteiger partial charge in [-0.1, -0.05) is 6.92 Å². The maximum atomic E-state index is 12.7. The Bertz CT molecular complexity index is 596. The third kappa shape index (κ3) is 3.26. The number of ether oxygens (including phenoxy) is 1. The van der Waals surface area contributed by atoms with Gasteiger partial charge in [-0.05, 0) is 26.2 Å². The number of aromatic nitrogens is 2. The minimum atomic E-state index is -3.75. The van der Waals surface area contributed by atoms with Gasteiger partial charge >= 0.3 is 5.97 Å². The van der Waals surface area contributed by atoms with Crippen molar-refractivity contribution in [3.63, 3.8) is 0 Å². The van der Waals surface area contributed by atoms with Crippen molar-refractivity contribution < 1.29 is 17.9 Å². The molecule has 1 aliphatic heterocycles. The molecule has 21 heavy (non-hydrogen) atoms. The van der Waals surface area contributed by atoms with E-state index >= 15 is 0 Å². The summed E-state index contributed by atoms with van der Waals surface area (Å²) in [5.74, 6) is 0.134. The molecule has 0 spiro atoms. The molecule has 1 aromatic rings. The Morgan fingerprint density at radius 3 is 2.86 bits per heavy atom. The van der Waals surface area contributed by atoms with E-state index in [-0.39, 0.29) is 11.6 Å². The summed E-state index contributed by atoms with van der Waals surface area (Å²) >= 11 is 0. The summed E-state index contributed by atoms with van der Waals surface area (Å²) in [6.07, 6.45) is 3.98. The van der Waals surface area contributed by atoms with Crippen LogP contribution in [0.25, 0.3) is 0 Å². The summed E-state index contributed by atoms with van der Waals surface area (Å²) in [6.45, 7) is 4.17. The number of imidazole rings is 1. The highest BCUT2D eigenvalue weighted by atomic mass is 32.2. The van der Waals surface area contributed by atoms with Crippen LogP contribution in [0.15, 0.2) is 11.2 Å². The lowest BCUT2D eigenvalue weighted by molar-refractivity contribution is -0.148. The molecule has 2 heterocycles. The van der Waals surface area contributed by atoms with Crippen LogP contribution >= 0.6 is 0 Å². The van der Waals surface area contributed by atoms with Crippen molar-refractivity contribution >= 4 is 16.0 Å². The van der Waals surface area contributed by atoms with Crippen molar-refractivity contribution in [3.8, 4) is 0 Å². The van der Waals surface area contributed by atoms with Crippen LogP contribution in [0.5, 0.6) is 0 Å². The number of rotatable bonds is 5. The Balaban J connectivity index is 2.29. The molecular weight excluding hydrogens is 294 g/mol. The first-order chi connectivity index (χ1) is 10.0. The monoisotopic (exact) mass is 315 g/mol. The standard InChI is InChI=1S/C13H21N3O4S/c1-3-11-14-9-12(15-11)21(18,19)16-8-6-5-7-10(16)13(17)20-4-2/h9-10H,3-8H2,1-2H3,(H,14,15). The molecule has 1 N–H and O–H groups in total. The molecule has 118 valence electrons. The van der Waals surface area contributed by atoms with Gasteiger partial charge in [0.05, 0.1) is 12.8 Å². The zero-order valence-corrected chi connectivity index (χ0v) is 13.1. The fourth-order valence-electron chi connectivity index (χ4n) is 2.45. The summed E-state index contributed by atoms with van der Waals surface area (Å²) < 4.78 is 31.6. The summed E-state index contributed by atoms with van der Waals surface area (Å²) in [4.78, 5) is 18.8. The lowest BCUT2D eigenvalue weighted by atomic mass is 10.1. The number of hydrogen-bond acceptors (Lipinski definition) is 5. The van der Waals surface area contributed by atoms with E-state index < -0.39 is 22.0 Å². The van der Waals surface area contributed by atoms with Crippen LogP contribution in [-0.4, -0.2) is 47.9 Å². The SMILES string of the molecule is CCOC(=O)C1CCCCN1S(=O)(=O)c1cnc(CC)[nH]1. The minimum absolute atomic E-state index is 0.0375. The van der Waals surface area contributed by atoms with Crippen LogP contribution in [0, 0.1) is 0 Å². The number of nitrogens with one attached hydrogen (secondary N) is 1. The molecule has 7 nitrogen and oxygen atoms in total. The third-order valence-electron chi connectivity index (χ3n) is 3.54. The molecule has 0 saturated carbocycles. The van der Waals surface area contributed by atoms with E-state index in [4.69, 9.17) is 4.74 Å². The molecule has 1 saturated heterocycles. The maximum absolute atomic E-state index is 12.7. The fraction of sp³-hybridized carbons (Fsp3) is 0.692. The van der Waals surface area contributed by atoms with Gasteiger partial charge in [-0.25, -0.2) is 13.4 Å². The molecule has 0 radical (unpaired) electrons. The second kappa shape index (κ2) is 6.57. The average Bonchev–Trinajstić information content (AvgIpc) is 2.97. The van der Waals surface area contributed by atoms with Crippen molar-refractivity contribution in [3.05, 3.63) is 12.0 Å². The molecule has 0 amide bonds. The van der Waals surface area contributed by atoms with Crippen LogP contribution in [0.4, 0.5) is 0 Å². The highest BCUT2D eigenvalue weighted by molar-refractivity contribution is 7.89. The fourth-order valence-corrected chi connectivity index (χ4v) is 4.03. The number of aromatic amines is 1. The first-order valence-corrected chi connectivity index (χ1v) is 8.67. The number of sulfonamides is 1. The van der Waals surface area contributed by atoms with Crippen molar-refractivity contribution in [2.45, 2.75) is 50.6 Å². The van der Waals surface area contributed by atoms with Gasteiger partial charge in [0, 0.05) is 13.0 Å². The first-order valence-electron chi connectivity index (χ1n) is 7.23. The second-order valence-electron chi connectivity index (χ2n) is 4.93. The predicted octanol–water partition coefficient (Wildman–Crippen LogP) is 1.08. The van der Waals surface area contributed by atoms with E-state index in [1.54, 1.807) is 6.92 Å². The lowest BCUT2D eigenvalue weighted by Gasteiger charge is -2.32.